The van der Waals surface area contributed by atoms with Crippen molar-refractivity contribution in [3.05, 3.63) is 40.6 Å². The molecule has 1 N–H and O–H groups in total. The Bertz CT molecular complexity index is 578. The molecule has 0 aliphatic carbocycles. The first-order chi connectivity index (χ1) is 9.15. The van der Waals surface area contributed by atoms with Crippen molar-refractivity contribution >= 4 is 27.5 Å². The van der Waals surface area contributed by atoms with E-state index in [1.54, 1.807) is 42.3 Å². The highest BCUT2D eigenvalue weighted by Crippen LogP contribution is 2.19. The normalized spacial score (nSPS) is 10.3. The Morgan fingerprint density at radius 3 is 2.68 bits per heavy atom. The van der Waals surface area contributed by atoms with Crippen molar-refractivity contribution in [1.29, 1.82) is 0 Å². The molecule has 0 aliphatic rings. The number of amides is 1. The molecule has 100 valence electrons. The lowest BCUT2D eigenvalue weighted by Crippen LogP contribution is -2.17. The molecular weight excluding hydrogens is 310 g/mol. The highest BCUT2D eigenvalue weighted by molar-refractivity contribution is 9.10. The molecule has 0 bridgehead atoms. The van der Waals surface area contributed by atoms with Crippen LogP contribution in [0.2, 0.25) is 0 Å². The molecule has 0 unspecified atom stereocenters. The second kappa shape index (κ2) is 5.88. The summed E-state index contributed by atoms with van der Waals surface area (Å²) in [6.07, 6.45) is 1.62. The summed E-state index contributed by atoms with van der Waals surface area (Å²) in [5.74, 6) is 0.550. The van der Waals surface area contributed by atoms with E-state index < -0.39 is 0 Å². The molecule has 1 aromatic heterocycles. The Balaban J connectivity index is 2.18. The molecule has 0 spiro atoms. The fourth-order valence-corrected chi connectivity index (χ4v) is 2.17. The largest absolute Gasteiger partial charge is 0.497 e. The molecule has 0 atom stereocenters. The highest BCUT2D eigenvalue weighted by atomic mass is 79.9. The standard InChI is InChI=1S/C13H14BrN3O2/c1-3-17-12(11(14)8-15-17)13(18)16-9-4-6-10(19-2)7-5-9/h4-8H,3H2,1-2H3,(H,16,18). The van der Waals surface area contributed by atoms with Crippen LogP contribution in [0.15, 0.2) is 34.9 Å². The van der Waals surface area contributed by atoms with Crippen molar-refractivity contribution < 1.29 is 9.53 Å². The van der Waals surface area contributed by atoms with Gasteiger partial charge in [0.05, 0.1) is 17.8 Å². The van der Waals surface area contributed by atoms with Crippen LogP contribution in [0.3, 0.4) is 0 Å². The predicted octanol–water partition coefficient (Wildman–Crippen LogP) is 2.93. The van der Waals surface area contributed by atoms with Gasteiger partial charge in [-0.3, -0.25) is 9.48 Å². The van der Waals surface area contributed by atoms with E-state index in [1.165, 1.54) is 0 Å². The summed E-state index contributed by atoms with van der Waals surface area (Å²) >= 11 is 3.33. The van der Waals surface area contributed by atoms with Gasteiger partial charge in [0.2, 0.25) is 0 Å². The Morgan fingerprint density at radius 1 is 1.42 bits per heavy atom. The summed E-state index contributed by atoms with van der Waals surface area (Å²) in [4.78, 5) is 12.2. The van der Waals surface area contributed by atoms with E-state index in [4.69, 9.17) is 4.74 Å². The first-order valence-corrected chi connectivity index (χ1v) is 6.61. The van der Waals surface area contributed by atoms with Crippen molar-refractivity contribution in [3.8, 4) is 5.75 Å². The number of nitrogens with one attached hydrogen (secondary N) is 1. The average molecular weight is 324 g/mol. The van der Waals surface area contributed by atoms with Crippen LogP contribution < -0.4 is 10.1 Å². The molecular formula is C13H14BrN3O2. The fraction of sp³-hybridized carbons (Fsp3) is 0.231. The van der Waals surface area contributed by atoms with Gasteiger partial charge in [0.25, 0.3) is 5.91 Å². The molecule has 0 radical (unpaired) electrons. The number of carbonyl (C=O) groups excluding carboxylic acids is 1. The number of hydrogen-bond acceptors (Lipinski definition) is 3. The van der Waals surface area contributed by atoms with Gasteiger partial charge in [0, 0.05) is 12.2 Å². The summed E-state index contributed by atoms with van der Waals surface area (Å²) in [6.45, 7) is 2.57. The molecule has 0 aliphatic heterocycles. The lowest BCUT2D eigenvalue weighted by molar-refractivity contribution is 0.101. The molecule has 1 aromatic carbocycles. The second-order valence-electron chi connectivity index (χ2n) is 3.84. The maximum absolute atomic E-state index is 12.2. The molecule has 0 fully saturated rings. The smallest absolute Gasteiger partial charge is 0.275 e. The van der Waals surface area contributed by atoms with Gasteiger partial charge in [-0.25, -0.2) is 0 Å². The monoisotopic (exact) mass is 323 g/mol. The molecule has 1 heterocycles. The number of nitrogens with zero attached hydrogens (tertiary/aromatic N) is 2. The second-order valence-corrected chi connectivity index (χ2v) is 4.69. The first-order valence-electron chi connectivity index (χ1n) is 5.82. The minimum atomic E-state index is -0.198. The van der Waals surface area contributed by atoms with Crippen molar-refractivity contribution in [2.75, 3.05) is 12.4 Å². The number of aryl methyl sites for hydroxylation is 1. The maximum Gasteiger partial charge on any atom is 0.275 e. The van der Waals surface area contributed by atoms with Crippen LogP contribution in [0.1, 0.15) is 17.4 Å². The number of hydrogen-bond donors (Lipinski definition) is 1. The number of rotatable bonds is 4. The van der Waals surface area contributed by atoms with Gasteiger partial charge >= 0.3 is 0 Å². The number of carbonyl (C=O) groups is 1. The van der Waals surface area contributed by atoms with Crippen molar-refractivity contribution in [3.63, 3.8) is 0 Å². The lowest BCUT2D eigenvalue weighted by atomic mass is 10.3. The Morgan fingerprint density at radius 2 is 2.11 bits per heavy atom. The van der Waals surface area contributed by atoms with E-state index in [9.17, 15) is 4.79 Å². The minimum Gasteiger partial charge on any atom is -0.497 e. The van der Waals surface area contributed by atoms with Crippen LogP contribution >= 0.6 is 15.9 Å². The summed E-state index contributed by atoms with van der Waals surface area (Å²) in [5.41, 5.74) is 1.22. The van der Waals surface area contributed by atoms with Crippen molar-refractivity contribution in [2.45, 2.75) is 13.5 Å². The van der Waals surface area contributed by atoms with Crippen LogP contribution in [0, 0.1) is 0 Å². The topological polar surface area (TPSA) is 56.2 Å². The number of halogens is 1. The van der Waals surface area contributed by atoms with Gasteiger partial charge in [0.1, 0.15) is 11.4 Å². The van der Waals surface area contributed by atoms with E-state index in [0.29, 0.717) is 22.4 Å². The Labute approximate surface area is 119 Å². The van der Waals surface area contributed by atoms with Gasteiger partial charge in [-0.1, -0.05) is 0 Å². The molecule has 0 saturated carbocycles. The third-order valence-electron chi connectivity index (χ3n) is 2.66. The zero-order valence-corrected chi connectivity index (χ0v) is 12.3. The van der Waals surface area contributed by atoms with Crippen LogP contribution in [0.5, 0.6) is 5.75 Å². The van der Waals surface area contributed by atoms with Crippen molar-refractivity contribution in [1.82, 2.24) is 9.78 Å². The Kier molecular flexibility index (Phi) is 4.21. The fourth-order valence-electron chi connectivity index (χ4n) is 1.69. The molecule has 5 nitrogen and oxygen atoms in total. The quantitative estimate of drug-likeness (QED) is 0.941. The molecule has 1 amide bonds. The van der Waals surface area contributed by atoms with E-state index >= 15 is 0 Å². The molecule has 2 aromatic rings. The van der Waals surface area contributed by atoms with E-state index in [-0.39, 0.29) is 5.91 Å². The third kappa shape index (κ3) is 2.96. The maximum atomic E-state index is 12.2. The summed E-state index contributed by atoms with van der Waals surface area (Å²) in [7, 11) is 1.60. The molecule has 19 heavy (non-hydrogen) atoms. The van der Waals surface area contributed by atoms with Gasteiger partial charge in [-0.05, 0) is 47.1 Å². The van der Waals surface area contributed by atoms with Crippen LogP contribution in [-0.4, -0.2) is 22.8 Å². The molecule has 2 rings (SSSR count). The zero-order valence-electron chi connectivity index (χ0n) is 10.7. The van der Waals surface area contributed by atoms with Crippen molar-refractivity contribution in [2.24, 2.45) is 0 Å². The van der Waals surface area contributed by atoms with Crippen LogP contribution in [-0.2, 0) is 6.54 Å². The number of ether oxygens (including phenoxy) is 1. The lowest BCUT2D eigenvalue weighted by Gasteiger charge is -2.08. The average Bonchev–Trinajstić information content (AvgIpc) is 2.80. The summed E-state index contributed by atoms with van der Waals surface area (Å²) in [6, 6.07) is 7.16. The Hall–Kier alpha value is -1.82. The third-order valence-corrected chi connectivity index (χ3v) is 3.24. The van der Waals surface area contributed by atoms with E-state index in [2.05, 4.69) is 26.3 Å². The van der Waals surface area contributed by atoms with Crippen LogP contribution in [0.4, 0.5) is 5.69 Å². The zero-order chi connectivity index (χ0) is 13.8. The van der Waals surface area contributed by atoms with E-state index in [1.807, 2.05) is 6.92 Å². The van der Waals surface area contributed by atoms with Gasteiger partial charge in [-0.2, -0.15) is 5.10 Å². The van der Waals surface area contributed by atoms with Gasteiger partial charge in [-0.15, -0.1) is 0 Å². The molecule has 6 heteroatoms. The molecule has 0 saturated heterocycles. The predicted molar refractivity (Wildman–Crippen MR) is 76.5 cm³/mol. The SMILES string of the molecule is CCn1ncc(Br)c1C(=O)Nc1ccc(OC)cc1. The highest BCUT2D eigenvalue weighted by Gasteiger charge is 2.16. The number of methoxy groups -OCH3 is 1. The minimum absolute atomic E-state index is 0.198. The summed E-state index contributed by atoms with van der Waals surface area (Å²) in [5, 5.41) is 6.94. The van der Waals surface area contributed by atoms with E-state index in [0.717, 1.165) is 5.75 Å². The summed E-state index contributed by atoms with van der Waals surface area (Å²) < 4.78 is 7.39. The number of benzene rings is 1. The number of anilines is 1. The van der Waals surface area contributed by atoms with Crippen LogP contribution in [0.25, 0.3) is 0 Å². The first kappa shape index (κ1) is 13.6. The van der Waals surface area contributed by atoms with Gasteiger partial charge in [0.15, 0.2) is 0 Å². The van der Waals surface area contributed by atoms with Gasteiger partial charge < -0.3 is 10.1 Å². The number of aromatic nitrogens is 2.